The number of benzene rings is 1. The van der Waals surface area contributed by atoms with Crippen LogP contribution in [-0.2, 0) is 20.7 Å². The first kappa shape index (κ1) is 20.7. The molecule has 0 radical (unpaired) electrons. The van der Waals surface area contributed by atoms with Gasteiger partial charge in [0.1, 0.15) is 6.04 Å². The van der Waals surface area contributed by atoms with Gasteiger partial charge in [0.2, 0.25) is 17.8 Å². The maximum Gasteiger partial charge on any atom is 0.243 e. The van der Waals surface area contributed by atoms with E-state index in [-0.39, 0.29) is 18.4 Å². The molecule has 2 amide bonds. The van der Waals surface area contributed by atoms with Gasteiger partial charge in [0, 0.05) is 51.4 Å². The van der Waals surface area contributed by atoms with Gasteiger partial charge in [0.25, 0.3) is 0 Å². The van der Waals surface area contributed by atoms with Crippen LogP contribution in [0.2, 0.25) is 0 Å². The summed E-state index contributed by atoms with van der Waals surface area (Å²) in [4.78, 5) is 37.0. The van der Waals surface area contributed by atoms with Gasteiger partial charge in [-0.3, -0.25) is 9.59 Å². The Labute approximate surface area is 169 Å². The topological polar surface area (TPSA) is 114 Å². The average molecular weight is 398 g/mol. The highest BCUT2D eigenvalue weighted by Crippen LogP contribution is 2.14. The Morgan fingerprint density at radius 3 is 2.41 bits per heavy atom. The van der Waals surface area contributed by atoms with Crippen LogP contribution in [-0.4, -0.2) is 72.6 Å². The molecule has 0 saturated carbocycles. The molecule has 0 aliphatic carbocycles. The van der Waals surface area contributed by atoms with E-state index in [1.807, 2.05) is 17.0 Å². The van der Waals surface area contributed by atoms with Crippen LogP contribution in [0, 0.1) is 0 Å². The van der Waals surface area contributed by atoms with Crippen molar-refractivity contribution >= 4 is 23.5 Å². The van der Waals surface area contributed by atoms with Crippen LogP contribution in [0.5, 0.6) is 0 Å². The summed E-state index contributed by atoms with van der Waals surface area (Å²) in [5, 5.41) is 2.73. The molecule has 1 aromatic carbocycles. The van der Waals surface area contributed by atoms with Crippen LogP contribution in [0.3, 0.4) is 0 Å². The van der Waals surface area contributed by atoms with Crippen LogP contribution in [0.15, 0.2) is 42.7 Å². The minimum atomic E-state index is -0.721. The molecule has 2 aromatic rings. The van der Waals surface area contributed by atoms with Gasteiger partial charge in [0.05, 0.1) is 13.0 Å². The molecule has 1 unspecified atom stereocenters. The van der Waals surface area contributed by atoms with Gasteiger partial charge in [-0.1, -0.05) is 12.1 Å². The third-order valence-electron chi connectivity index (χ3n) is 4.73. The van der Waals surface area contributed by atoms with Gasteiger partial charge < -0.3 is 25.6 Å². The van der Waals surface area contributed by atoms with Gasteiger partial charge in [-0.25, -0.2) is 9.97 Å². The monoisotopic (exact) mass is 398 g/mol. The van der Waals surface area contributed by atoms with Crippen LogP contribution in [0.4, 0.5) is 11.6 Å². The number of nitrogens with two attached hydrogens (primary N) is 1. The molecule has 1 saturated heterocycles. The number of hydrogen-bond acceptors (Lipinski definition) is 7. The molecule has 1 aromatic heterocycles. The number of amides is 2. The molecule has 9 nitrogen and oxygen atoms in total. The Morgan fingerprint density at radius 1 is 1.14 bits per heavy atom. The van der Waals surface area contributed by atoms with Gasteiger partial charge in [-0.05, 0) is 23.8 Å². The number of carbonyl (C=O) groups excluding carboxylic acids is 2. The van der Waals surface area contributed by atoms with E-state index in [0.717, 1.165) is 5.56 Å². The van der Waals surface area contributed by atoms with E-state index in [0.29, 0.717) is 44.2 Å². The molecule has 29 heavy (non-hydrogen) atoms. The Hall–Kier alpha value is -3.04. The number of nitrogens with one attached hydrogen (secondary N) is 1. The molecule has 1 fully saturated rings. The van der Waals surface area contributed by atoms with E-state index < -0.39 is 6.04 Å². The molecular weight excluding hydrogens is 372 g/mol. The number of nitrogens with zero attached hydrogens (tertiary/aromatic N) is 4. The Morgan fingerprint density at radius 2 is 1.79 bits per heavy atom. The molecular formula is C20H26N6O3. The minimum absolute atomic E-state index is 0.0810. The van der Waals surface area contributed by atoms with Crippen molar-refractivity contribution in [2.75, 3.05) is 50.1 Å². The number of piperazine rings is 1. The SMILES string of the molecule is COCC(N)C(=O)Nc1ccc(CC(=O)N2CCN(c3ncccn3)CC2)cc1. The summed E-state index contributed by atoms with van der Waals surface area (Å²) in [6, 6.07) is 8.28. The Bertz CT molecular complexity index is 807. The lowest BCUT2D eigenvalue weighted by Crippen LogP contribution is -2.49. The molecule has 154 valence electrons. The minimum Gasteiger partial charge on any atom is -0.383 e. The standard InChI is InChI=1S/C20H26N6O3/c1-29-14-17(21)19(28)24-16-5-3-15(4-6-16)13-18(27)25-9-11-26(12-10-25)20-22-7-2-8-23-20/h2-8,17H,9-14,21H2,1H3,(H,24,28). The van der Waals surface area contributed by atoms with Crippen LogP contribution < -0.4 is 16.0 Å². The van der Waals surface area contributed by atoms with Crippen molar-refractivity contribution in [1.82, 2.24) is 14.9 Å². The fourth-order valence-electron chi connectivity index (χ4n) is 3.09. The number of ether oxygens (including phenoxy) is 1. The first-order valence-electron chi connectivity index (χ1n) is 9.51. The lowest BCUT2D eigenvalue weighted by molar-refractivity contribution is -0.130. The number of hydrogen-bond donors (Lipinski definition) is 2. The zero-order valence-electron chi connectivity index (χ0n) is 16.5. The number of anilines is 2. The third-order valence-corrected chi connectivity index (χ3v) is 4.73. The summed E-state index contributed by atoms with van der Waals surface area (Å²) in [6.07, 6.45) is 3.76. The van der Waals surface area contributed by atoms with E-state index in [1.54, 1.807) is 30.6 Å². The summed E-state index contributed by atoms with van der Waals surface area (Å²) >= 11 is 0. The molecule has 9 heteroatoms. The van der Waals surface area contributed by atoms with E-state index in [2.05, 4.69) is 20.2 Å². The summed E-state index contributed by atoms with van der Waals surface area (Å²) < 4.78 is 4.88. The van der Waals surface area contributed by atoms with E-state index >= 15 is 0 Å². The third kappa shape index (κ3) is 5.72. The summed E-state index contributed by atoms with van der Waals surface area (Å²) in [7, 11) is 1.49. The van der Waals surface area contributed by atoms with E-state index in [1.165, 1.54) is 7.11 Å². The maximum atomic E-state index is 12.6. The highest BCUT2D eigenvalue weighted by Gasteiger charge is 2.22. The molecule has 0 spiro atoms. The van der Waals surface area contributed by atoms with E-state index in [9.17, 15) is 9.59 Å². The Kier molecular flexibility index (Phi) is 7.09. The summed E-state index contributed by atoms with van der Waals surface area (Å²) in [6.45, 7) is 2.86. The number of methoxy groups -OCH3 is 1. The zero-order chi connectivity index (χ0) is 20.6. The van der Waals surface area contributed by atoms with Crippen molar-refractivity contribution < 1.29 is 14.3 Å². The lowest BCUT2D eigenvalue weighted by Gasteiger charge is -2.34. The van der Waals surface area contributed by atoms with Gasteiger partial charge in [0.15, 0.2) is 0 Å². The fourth-order valence-corrected chi connectivity index (χ4v) is 3.09. The molecule has 3 N–H and O–H groups in total. The van der Waals surface area contributed by atoms with Gasteiger partial charge in [-0.15, -0.1) is 0 Å². The van der Waals surface area contributed by atoms with Gasteiger partial charge in [-0.2, -0.15) is 0 Å². The zero-order valence-corrected chi connectivity index (χ0v) is 16.5. The van der Waals surface area contributed by atoms with Crippen molar-refractivity contribution in [2.45, 2.75) is 12.5 Å². The second kappa shape index (κ2) is 9.94. The smallest absolute Gasteiger partial charge is 0.243 e. The van der Waals surface area contributed by atoms with Crippen molar-refractivity contribution in [3.05, 3.63) is 48.3 Å². The second-order valence-electron chi connectivity index (χ2n) is 6.84. The number of aromatic nitrogens is 2. The quantitative estimate of drug-likeness (QED) is 0.689. The first-order valence-corrected chi connectivity index (χ1v) is 9.51. The predicted octanol–water partition coefficient (Wildman–Crippen LogP) is 0.280. The van der Waals surface area contributed by atoms with Gasteiger partial charge >= 0.3 is 0 Å². The van der Waals surface area contributed by atoms with Crippen LogP contribution >= 0.6 is 0 Å². The van der Waals surface area contributed by atoms with Crippen molar-refractivity contribution in [3.8, 4) is 0 Å². The van der Waals surface area contributed by atoms with Crippen molar-refractivity contribution in [3.63, 3.8) is 0 Å². The lowest BCUT2D eigenvalue weighted by atomic mass is 10.1. The molecule has 2 heterocycles. The first-order chi connectivity index (χ1) is 14.1. The molecule has 1 aliphatic heterocycles. The van der Waals surface area contributed by atoms with Crippen LogP contribution in [0.25, 0.3) is 0 Å². The molecule has 3 rings (SSSR count). The predicted molar refractivity (Wildman–Crippen MR) is 109 cm³/mol. The van der Waals surface area contributed by atoms with E-state index in [4.69, 9.17) is 10.5 Å². The van der Waals surface area contributed by atoms with Crippen molar-refractivity contribution in [1.29, 1.82) is 0 Å². The van der Waals surface area contributed by atoms with Crippen molar-refractivity contribution in [2.24, 2.45) is 5.73 Å². The normalized spacial score (nSPS) is 15.1. The highest BCUT2D eigenvalue weighted by molar-refractivity contribution is 5.94. The summed E-state index contributed by atoms with van der Waals surface area (Å²) in [5.41, 5.74) is 7.23. The molecule has 1 aliphatic rings. The largest absolute Gasteiger partial charge is 0.383 e. The molecule has 1 atom stereocenters. The molecule has 0 bridgehead atoms. The average Bonchev–Trinajstić information content (AvgIpc) is 2.76. The number of rotatable bonds is 7. The highest BCUT2D eigenvalue weighted by atomic mass is 16.5. The summed E-state index contributed by atoms with van der Waals surface area (Å²) in [5.74, 6) is 0.468. The fraction of sp³-hybridized carbons (Fsp3) is 0.400. The maximum absolute atomic E-state index is 12.6. The Balaban J connectivity index is 1.48. The van der Waals surface area contributed by atoms with Crippen LogP contribution in [0.1, 0.15) is 5.56 Å². The second-order valence-corrected chi connectivity index (χ2v) is 6.84. The number of carbonyl (C=O) groups is 2.